The monoisotopic (exact) mass is 271 g/mol. The molecule has 2 heterocycles. The van der Waals surface area contributed by atoms with Gasteiger partial charge in [0.05, 0.1) is 0 Å². The number of aliphatic hydroxyl groups is 1. The number of aliphatic hydroxyl groups excluding tert-OH is 1. The Morgan fingerprint density at radius 3 is 2.85 bits per heavy atom. The Morgan fingerprint density at radius 1 is 1.30 bits per heavy atom. The van der Waals surface area contributed by atoms with Gasteiger partial charge in [-0.15, -0.1) is 0 Å². The molecule has 0 bridgehead atoms. The molecule has 0 amide bonds. The fourth-order valence-electron chi connectivity index (χ4n) is 2.38. The molecule has 0 aliphatic carbocycles. The smallest absolute Gasteiger partial charge is 0.345 e. The first kappa shape index (κ1) is 12.5. The molecule has 1 aromatic heterocycles. The molecule has 0 saturated carbocycles. The van der Waals surface area contributed by atoms with Crippen LogP contribution in [0.15, 0.2) is 41.8 Å². The van der Waals surface area contributed by atoms with Gasteiger partial charge >= 0.3 is 5.97 Å². The van der Waals surface area contributed by atoms with Gasteiger partial charge in [0, 0.05) is 23.5 Å². The van der Waals surface area contributed by atoms with Crippen LogP contribution in [0.1, 0.15) is 12.0 Å². The lowest BCUT2D eigenvalue weighted by Gasteiger charge is -2.01. The molecular formula is C15H13NO4. The number of carbonyl (C=O) groups excluding carboxylic acids is 2. The number of para-hydroxylation sites is 1. The van der Waals surface area contributed by atoms with Crippen molar-refractivity contribution in [2.45, 2.75) is 12.8 Å². The third kappa shape index (κ3) is 2.07. The second kappa shape index (κ2) is 4.85. The summed E-state index contributed by atoms with van der Waals surface area (Å²) in [5.74, 6) is -1.37. The predicted octanol–water partition coefficient (Wildman–Crippen LogP) is 2.04. The first-order chi connectivity index (χ1) is 9.66. The van der Waals surface area contributed by atoms with Gasteiger partial charge in [-0.3, -0.25) is 4.79 Å². The van der Waals surface area contributed by atoms with Crippen LogP contribution >= 0.6 is 0 Å². The summed E-state index contributed by atoms with van der Waals surface area (Å²) >= 11 is 0. The van der Waals surface area contributed by atoms with Crippen LogP contribution in [0.2, 0.25) is 0 Å². The van der Waals surface area contributed by atoms with Crippen LogP contribution in [0.4, 0.5) is 0 Å². The van der Waals surface area contributed by atoms with Crippen LogP contribution in [0.5, 0.6) is 0 Å². The molecule has 3 rings (SSSR count). The van der Waals surface area contributed by atoms with Gasteiger partial charge in [-0.25, -0.2) is 4.79 Å². The van der Waals surface area contributed by atoms with Crippen LogP contribution < -0.4 is 0 Å². The van der Waals surface area contributed by atoms with Crippen LogP contribution in [-0.2, 0) is 20.7 Å². The number of fused-ring (bicyclic) bond motifs is 1. The molecule has 0 atom stereocenters. The Kier molecular flexibility index (Phi) is 3.02. The topological polar surface area (TPSA) is 79.4 Å². The lowest BCUT2D eigenvalue weighted by atomic mass is 10.0. The van der Waals surface area contributed by atoms with Crippen LogP contribution in [-0.4, -0.2) is 28.4 Å². The lowest BCUT2D eigenvalue weighted by Crippen LogP contribution is -2.06. The number of aromatic nitrogens is 1. The fraction of sp³-hybridized carbons (Fsp3) is 0.200. The molecule has 20 heavy (non-hydrogen) atoms. The molecule has 5 heteroatoms. The van der Waals surface area contributed by atoms with Crippen LogP contribution in [0.3, 0.4) is 0 Å². The summed E-state index contributed by atoms with van der Waals surface area (Å²) in [6, 6.07) is 7.83. The SMILES string of the molecule is O=C1COC(=O)/C1=C(/O)CCc1c[nH]c2ccccc12. The normalized spacial score (nSPS) is 17.6. The summed E-state index contributed by atoms with van der Waals surface area (Å²) in [5.41, 5.74) is 1.85. The van der Waals surface area contributed by atoms with Crippen LogP contribution in [0, 0.1) is 0 Å². The summed E-state index contributed by atoms with van der Waals surface area (Å²) < 4.78 is 4.59. The Morgan fingerprint density at radius 2 is 2.10 bits per heavy atom. The minimum Gasteiger partial charge on any atom is -0.511 e. The van der Waals surface area contributed by atoms with E-state index < -0.39 is 11.8 Å². The quantitative estimate of drug-likeness (QED) is 0.387. The average Bonchev–Trinajstić information content (AvgIpc) is 3.00. The minimum atomic E-state index is -0.730. The third-order valence-corrected chi connectivity index (χ3v) is 3.41. The Hall–Kier alpha value is -2.56. The van der Waals surface area contributed by atoms with Gasteiger partial charge in [-0.05, 0) is 18.1 Å². The minimum absolute atomic E-state index is 0.192. The number of nitrogens with one attached hydrogen (secondary N) is 1. The first-order valence-corrected chi connectivity index (χ1v) is 6.34. The maximum Gasteiger partial charge on any atom is 0.345 e. The van der Waals surface area contributed by atoms with Crippen molar-refractivity contribution in [1.29, 1.82) is 0 Å². The average molecular weight is 271 g/mol. The fourth-order valence-corrected chi connectivity index (χ4v) is 2.38. The summed E-state index contributed by atoms with van der Waals surface area (Å²) in [5, 5.41) is 11.0. The van der Waals surface area contributed by atoms with E-state index >= 15 is 0 Å². The zero-order valence-electron chi connectivity index (χ0n) is 10.7. The molecule has 1 aliphatic rings. The van der Waals surface area contributed by atoms with E-state index in [0.29, 0.717) is 6.42 Å². The van der Waals surface area contributed by atoms with Gasteiger partial charge in [0.15, 0.2) is 6.61 Å². The number of cyclic esters (lactones) is 1. The van der Waals surface area contributed by atoms with E-state index in [1.807, 2.05) is 30.5 Å². The van der Waals surface area contributed by atoms with Crippen molar-refractivity contribution in [1.82, 2.24) is 4.98 Å². The number of H-pyrrole nitrogens is 1. The number of hydrogen-bond acceptors (Lipinski definition) is 4. The van der Waals surface area contributed by atoms with Gasteiger partial charge in [-0.2, -0.15) is 0 Å². The van der Waals surface area contributed by atoms with Gasteiger partial charge in [0.2, 0.25) is 5.78 Å². The molecule has 2 N–H and O–H groups in total. The number of aromatic amines is 1. The Bertz CT molecular complexity index is 708. The molecule has 0 unspecified atom stereocenters. The second-order valence-electron chi connectivity index (χ2n) is 4.68. The van der Waals surface area contributed by atoms with Crippen molar-refractivity contribution in [3.63, 3.8) is 0 Å². The van der Waals surface area contributed by atoms with Crippen molar-refractivity contribution in [2.24, 2.45) is 0 Å². The highest BCUT2D eigenvalue weighted by Crippen LogP contribution is 2.22. The molecule has 5 nitrogen and oxygen atoms in total. The van der Waals surface area contributed by atoms with Crippen LogP contribution in [0.25, 0.3) is 10.9 Å². The van der Waals surface area contributed by atoms with E-state index in [1.54, 1.807) is 0 Å². The maximum absolute atomic E-state index is 11.4. The van der Waals surface area contributed by atoms with Crippen molar-refractivity contribution in [3.8, 4) is 0 Å². The molecule has 1 fully saturated rings. The molecule has 0 spiro atoms. The van der Waals surface area contributed by atoms with Crippen molar-refractivity contribution in [3.05, 3.63) is 47.4 Å². The largest absolute Gasteiger partial charge is 0.511 e. The number of ether oxygens (including phenoxy) is 1. The van der Waals surface area contributed by atoms with E-state index in [4.69, 9.17) is 0 Å². The highest BCUT2D eigenvalue weighted by atomic mass is 16.5. The van der Waals surface area contributed by atoms with Crippen molar-refractivity contribution in [2.75, 3.05) is 6.61 Å². The number of esters is 1. The predicted molar refractivity (Wildman–Crippen MR) is 72.2 cm³/mol. The number of hydrogen-bond donors (Lipinski definition) is 2. The number of aryl methyl sites for hydroxylation is 1. The molecular weight excluding hydrogens is 258 g/mol. The number of rotatable bonds is 3. The molecule has 1 aromatic carbocycles. The summed E-state index contributed by atoms with van der Waals surface area (Å²) in [6.45, 7) is -0.273. The zero-order chi connectivity index (χ0) is 14.1. The zero-order valence-corrected chi connectivity index (χ0v) is 10.7. The Balaban J connectivity index is 1.81. The van der Waals surface area contributed by atoms with Gasteiger partial charge in [0.25, 0.3) is 0 Å². The van der Waals surface area contributed by atoms with Gasteiger partial charge < -0.3 is 14.8 Å². The summed E-state index contributed by atoms with van der Waals surface area (Å²) in [4.78, 5) is 25.9. The lowest BCUT2D eigenvalue weighted by molar-refractivity contribution is -0.135. The second-order valence-corrected chi connectivity index (χ2v) is 4.68. The summed E-state index contributed by atoms with van der Waals surface area (Å²) in [6.07, 6.45) is 2.65. The first-order valence-electron chi connectivity index (χ1n) is 6.34. The molecule has 1 saturated heterocycles. The highest BCUT2D eigenvalue weighted by molar-refractivity contribution is 6.22. The van der Waals surface area contributed by atoms with Gasteiger partial charge in [-0.1, -0.05) is 18.2 Å². The van der Waals surface area contributed by atoms with E-state index in [9.17, 15) is 14.7 Å². The number of benzene rings is 1. The Labute approximate surface area is 114 Å². The summed E-state index contributed by atoms with van der Waals surface area (Å²) in [7, 11) is 0. The number of Topliss-reactive ketones (excluding diaryl/α,β-unsaturated/α-hetero) is 1. The van der Waals surface area contributed by atoms with E-state index in [2.05, 4.69) is 9.72 Å². The standard InChI is InChI=1S/C15H13NO4/c17-12(14-13(18)8-20-15(14)19)6-5-9-7-16-11-4-2-1-3-10(9)11/h1-4,7,16-17H,5-6,8H2/b14-12+. The van der Waals surface area contributed by atoms with E-state index in [0.717, 1.165) is 16.5 Å². The van der Waals surface area contributed by atoms with Crippen molar-refractivity contribution < 1.29 is 19.4 Å². The molecule has 2 aromatic rings. The molecule has 102 valence electrons. The maximum atomic E-state index is 11.4. The number of allylic oxidation sites excluding steroid dienone is 1. The number of ketones is 1. The third-order valence-electron chi connectivity index (χ3n) is 3.41. The molecule has 0 radical (unpaired) electrons. The van der Waals surface area contributed by atoms with E-state index in [1.165, 1.54) is 0 Å². The van der Waals surface area contributed by atoms with Gasteiger partial charge in [0.1, 0.15) is 11.3 Å². The van der Waals surface area contributed by atoms with Crippen molar-refractivity contribution >= 4 is 22.7 Å². The molecule has 1 aliphatic heterocycles. The number of carbonyl (C=O) groups is 2. The van der Waals surface area contributed by atoms with E-state index in [-0.39, 0.29) is 24.4 Å². The highest BCUT2D eigenvalue weighted by Gasteiger charge is 2.31.